The van der Waals surface area contributed by atoms with Crippen molar-refractivity contribution in [2.24, 2.45) is 0 Å². The molecule has 3 aromatic rings. The molecule has 2 heterocycles. The highest BCUT2D eigenvalue weighted by atomic mass is 32.1. The number of esters is 1. The summed E-state index contributed by atoms with van der Waals surface area (Å²) in [6.07, 6.45) is -1.18. The third-order valence-corrected chi connectivity index (χ3v) is 6.86. The van der Waals surface area contributed by atoms with E-state index in [1.165, 1.54) is 11.4 Å². The number of amides is 2. The molecule has 0 aliphatic carbocycles. The molecule has 2 aromatic carbocycles. The van der Waals surface area contributed by atoms with Crippen molar-refractivity contribution in [2.45, 2.75) is 26.9 Å². The molecule has 1 aliphatic heterocycles. The number of imide groups is 1. The van der Waals surface area contributed by atoms with E-state index in [9.17, 15) is 32.3 Å². The van der Waals surface area contributed by atoms with E-state index in [0.717, 1.165) is 35.6 Å². The summed E-state index contributed by atoms with van der Waals surface area (Å²) >= 11 is 0.942. The summed E-state index contributed by atoms with van der Waals surface area (Å²) in [5.74, 6) is -5.99. The third kappa shape index (κ3) is 6.48. The van der Waals surface area contributed by atoms with E-state index in [0.29, 0.717) is 10.5 Å². The largest absolute Gasteiger partial charge is 0.508 e. The molecule has 222 valence electrons. The van der Waals surface area contributed by atoms with Gasteiger partial charge in [-0.05, 0) is 49.1 Å². The smallest absolute Gasteiger partial charge is 0.489 e. The number of thiophene rings is 1. The molecule has 0 atom stereocenters. The maximum absolute atomic E-state index is 14.9. The summed E-state index contributed by atoms with van der Waals surface area (Å²) in [5, 5.41) is 1.50. The minimum Gasteiger partial charge on any atom is -0.489 e. The average Bonchev–Trinajstić information content (AvgIpc) is 3.38. The lowest BCUT2D eigenvalue weighted by molar-refractivity contribution is -0.117. The maximum atomic E-state index is 14.9. The number of anilines is 1. The monoisotopic (exact) mass is 607 g/mol. The molecular weight excluding hydrogens is 583 g/mol. The van der Waals surface area contributed by atoms with Crippen LogP contribution in [0.4, 0.5) is 23.7 Å². The molecule has 42 heavy (non-hydrogen) atoms. The summed E-state index contributed by atoms with van der Waals surface area (Å²) in [6.45, 7) is 2.33. The summed E-state index contributed by atoms with van der Waals surface area (Å²) in [7, 11) is 0. The Labute approximate surface area is 241 Å². The lowest BCUT2D eigenvalue weighted by Crippen LogP contribution is -2.43. The molecule has 0 bridgehead atoms. The molecule has 0 radical (unpaired) electrons. The van der Waals surface area contributed by atoms with Crippen LogP contribution in [0.2, 0.25) is 0 Å². The minimum absolute atomic E-state index is 0.0103. The van der Waals surface area contributed by atoms with E-state index in [1.807, 2.05) is 0 Å². The van der Waals surface area contributed by atoms with Gasteiger partial charge in [0.05, 0.1) is 36.4 Å². The van der Waals surface area contributed by atoms with Gasteiger partial charge in [-0.3, -0.25) is 9.59 Å². The molecule has 2 amide bonds. The van der Waals surface area contributed by atoms with Crippen LogP contribution < -0.4 is 14.4 Å². The second-order valence-corrected chi connectivity index (χ2v) is 9.40. The molecule has 0 spiro atoms. The lowest BCUT2D eigenvalue weighted by atomic mass is 10.0. The van der Waals surface area contributed by atoms with E-state index < -0.39 is 53.7 Å². The van der Waals surface area contributed by atoms with E-state index in [-0.39, 0.29) is 60.4 Å². The molecular formula is C28H24F3NO9S. The van der Waals surface area contributed by atoms with Crippen LogP contribution in [0.3, 0.4) is 0 Å². The number of benzene rings is 2. The van der Waals surface area contributed by atoms with Gasteiger partial charge in [0.2, 0.25) is 5.91 Å². The van der Waals surface area contributed by atoms with Gasteiger partial charge in [0.1, 0.15) is 42.0 Å². The number of hydrogen-bond acceptors (Lipinski definition) is 10. The van der Waals surface area contributed by atoms with Crippen LogP contribution in [-0.4, -0.2) is 50.4 Å². The van der Waals surface area contributed by atoms with Gasteiger partial charge in [0, 0.05) is 6.07 Å². The van der Waals surface area contributed by atoms with Crippen LogP contribution in [0.25, 0.3) is 0 Å². The van der Waals surface area contributed by atoms with Crippen molar-refractivity contribution >= 4 is 41.0 Å². The average molecular weight is 608 g/mol. The number of rotatable bonds is 11. The number of carbonyl (C=O) groups excluding carboxylic acids is 4. The number of halogens is 3. The van der Waals surface area contributed by atoms with Crippen molar-refractivity contribution in [2.75, 3.05) is 31.3 Å². The van der Waals surface area contributed by atoms with Crippen LogP contribution >= 0.6 is 11.3 Å². The van der Waals surface area contributed by atoms with Crippen LogP contribution in [-0.2, 0) is 32.0 Å². The van der Waals surface area contributed by atoms with Crippen molar-refractivity contribution in [3.05, 3.63) is 74.7 Å². The van der Waals surface area contributed by atoms with Gasteiger partial charge in [0.15, 0.2) is 11.6 Å². The van der Waals surface area contributed by atoms with Crippen LogP contribution in [0.15, 0.2) is 35.7 Å². The zero-order chi connectivity index (χ0) is 30.4. The topological polar surface area (TPSA) is 118 Å². The van der Waals surface area contributed by atoms with E-state index >= 15 is 0 Å². The Morgan fingerprint density at radius 3 is 2.40 bits per heavy atom. The summed E-state index contributed by atoms with van der Waals surface area (Å²) in [4.78, 5) is 50.4. The fourth-order valence-electron chi connectivity index (χ4n) is 4.01. The molecule has 0 unspecified atom stereocenters. The van der Waals surface area contributed by atoms with E-state index in [4.69, 9.17) is 18.9 Å². The van der Waals surface area contributed by atoms with Gasteiger partial charge in [-0.15, -0.1) is 11.3 Å². The highest BCUT2D eigenvalue weighted by Crippen LogP contribution is 2.35. The molecule has 1 aromatic heterocycles. The van der Waals surface area contributed by atoms with Crippen molar-refractivity contribution in [3.63, 3.8) is 0 Å². The predicted molar refractivity (Wildman–Crippen MR) is 141 cm³/mol. The zero-order valence-electron chi connectivity index (χ0n) is 22.4. The maximum Gasteiger partial charge on any atom is 0.508 e. The Balaban J connectivity index is 1.54. The van der Waals surface area contributed by atoms with Gasteiger partial charge in [-0.25, -0.2) is 27.7 Å². The number of carbonyl (C=O) groups is 4. The second kappa shape index (κ2) is 13.4. The first-order chi connectivity index (χ1) is 20.2. The first kappa shape index (κ1) is 30.4. The normalized spacial score (nSPS) is 12.5. The Morgan fingerprint density at radius 2 is 1.67 bits per heavy atom. The molecule has 0 N–H and O–H groups in total. The Kier molecular flexibility index (Phi) is 9.68. The molecule has 1 aliphatic rings. The molecule has 0 saturated heterocycles. The Bertz CT molecular complexity index is 1520. The zero-order valence-corrected chi connectivity index (χ0v) is 23.2. The lowest BCUT2D eigenvalue weighted by Gasteiger charge is -2.26. The van der Waals surface area contributed by atoms with Crippen molar-refractivity contribution in [1.29, 1.82) is 0 Å². The molecule has 0 saturated carbocycles. The molecule has 0 fully saturated rings. The Morgan fingerprint density at radius 1 is 0.929 bits per heavy atom. The first-order valence-electron chi connectivity index (χ1n) is 12.6. The van der Waals surface area contributed by atoms with E-state index in [2.05, 4.69) is 4.74 Å². The number of ether oxygens (including phenoxy) is 5. The standard InChI is InChI=1S/C28H24F3NO9S/c1-3-37-27(35)25-23-15(14-42-25)11-22(33)32(26(23)34)20-12-16(5-6-18(20)29)41-13-17-21(8-7-19(30)24(17)31)39-9-10-40-28(36)38-4-2/h5-8,12,14H,3-4,9-11,13H2,1-2H3. The molecule has 10 nitrogen and oxygen atoms in total. The summed E-state index contributed by atoms with van der Waals surface area (Å²) in [6, 6.07) is 5.16. The van der Waals surface area contributed by atoms with Crippen LogP contribution in [0.1, 0.15) is 45.0 Å². The van der Waals surface area contributed by atoms with Gasteiger partial charge in [-0.1, -0.05) is 0 Å². The van der Waals surface area contributed by atoms with Crippen LogP contribution in [0.5, 0.6) is 11.5 Å². The van der Waals surface area contributed by atoms with Crippen molar-refractivity contribution in [3.8, 4) is 11.5 Å². The minimum atomic E-state index is -1.26. The number of hydrogen-bond donors (Lipinski definition) is 0. The van der Waals surface area contributed by atoms with Crippen molar-refractivity contribution < 1.29 is 56.0 Å². The first-order valence-corrected chi connectivity index (χ1v) is 13.5. The number of fused-ring (bicyclic) bond motifs is 1. The van der Waals surface area contributed by atoms with Gasteiger partial charge < -0.3 is 23.7 Å². The predicted octanol–water partition coefficient (Wildman–Crippen LogP) is 5.20. The highest BCUT2D eigenvalue weighted by Gasteiger charge is 2.38. The van der Waals surface area contributed by atoms with Gasteiger partial charge in [-0.2, -0.15) is 0 Å². The summed E-state index contributed by atoms with van der Waals surface area (Å²) < 4.78 is 69.0. The SMILES string of the molecule is CCOC(=O)OCCOc1ccc(F)c(F)c1COc1ccc(F)c(N2C(=O)Cc3csc(C(=O)OCC)c3C2=O)c1. The highest BCUT2D eigenvalue weighted by molar-refractivity contribution is 7.12. The summed E-state index contributed by atoms with van der Waals surface area (Å²) in [5.41, 5.74) is -0.520. The Hall–Kier alpha value is -4.59. The third-order valence-electron chi connectivity index (χ3n) is 5.85. The molecule has 14 heteroatoms. The van der Waals surface area contributed by atoms with Crippen molar-refractivity contribution in [1.82, 2.24) is 0 Å². The fourth-order valence-corrected chi connectivity index (χ4v) is 4.96. The quantitative estimate of drug-likeness (QED) is 0.165. The molecule has 4 rings (SSSR count). The number of nitrogens with zero attached hydrogens (tertiary/aromatic N) is 1. The van der Waals surface area contributed by atoms with Gasteiger partial charge >= 0.3 is 12.1 Å². The van der Waals surface area contributed by atoms with Crippen LogP contribution in [0, 0.1) is 17.5 Å². The van der Waals surface area contributed by atoms with E-state index in [1.54, 1.807) is 13.8 Å². The van der Waals surface area contributed by atoms with Gasteiger partial charge in [0.25, 0.3) is 5.91 Å². The fraction of sp³-hybridized carbons (Fsp3) is 0.286. The second-order valence-electron chi connectivity index (χ2n) is 8.52.